The molecule has 2 aliphatic heterocycles. The predicted molar refractivity (Wildman–Crippen MR) is 51.5 cm³/mol. The van der Waals surface area contributed by atoms with Gasteiger partial charge in [0.15, 0.2) is 0 Å². The standard InChI is InChI=1S/C10H16N2O2/c13-9-8(4-3-5-11-9)10(14)12-6-1-2-7-12/h8H,1-7H2,(H,11,13)/t8-/m0/s1. The van der Waals surface area contributed by atoms with Gasteiger partial charge in [-0.1, -0.05) is 0 Å². The number of piperidine rings is 1. The fourth-order valence-electron chi connectivity index (χ4n) is 2.17. The zero-order valence-corrected chi connectivity index (χ0v) is 8.29. The highest BCUT2D eigenvalue weighted by Crippen LogP contribution is 2.18. The number of amides is 2. The quantitative estimate of drug-likeness (QED) is 0.606. The van der Waals surface area contributed by atoms with Crippen LogP contribution in [0.3, 0.4) is 0 Å². The van der Waals surface area contributed by atoms with Crippen molar-refractivity contribution in [2.45, 2.75) is 25.7 Å². The molecule has 0 aromatic carbocycles. The van der Waals surface area contributed by atoms with Crippen molar-refractivity contribution in [3.05, 3.63) is 0 Å². The molecule has 78 valence electrons. The van der Waals surface area contributed by atoms with Crippen LogP contribution in [0.4, 0.5) is 0 Å². The Morgan fingerprint density at radius 3 is 2.64 bits per heavy atom. The van der Waals surface area contributed by atoms with E-state index < -0.39 is 5.92 Å². The van der Waals surface area contributed by atoms with E-state index in [9.17, 15) is 9.59 Å². The topological polar surface area (TPSA) is 49.4 Å². The summed E-state index contributed by atoms with van der Waals surface area (Å²) in [4.78, 5) is 25.1. The Balaban J connectivity index is 1.98. The maximum Gasteiger partial charge on any atom is 0.235 e. The molecule has 4 heteroatoms. The summed E-state index contributed by atoms with van der Waals surface area (Å²) < 4.78 is 0. The Morgan fingerprint density at radius 2 is 2.00 bits per heavy atom. The number of nitrogens with zero attached hydrogens (tertiary/aromatic N) is 1. The van der Waals surface area contributed by atoms with Crippen molar-refractivity contribution in [2.24, 2.45) is 5.92 Å². The molecule has 14 heavy (non-hydrogen) atoms. The molecule has 1 atom stereocenters. The van der Waals surface area contributed by atoms with Gasteiger partial charge < -0.3 is 10.2 Å². The van der Waals surface area contributed by atoms with Gasteiger partial charge in [-0.15, -0.1) is 0 Å². The predicted octanol–water partition coefficient (Wildman–Crippen LogP) is 0.135. The van der Waals surface area contributed by atoms with Crippen LogP contribution in [0.5, 0.6) is 0 Å². The van der Waals surface area contributed by atoms with E-state index in [0.717, 1.165) is 45.3 Å². The van der Waals surface area contributed by atoms with E-state index in [1.54, 1.807) is 0 Å². The van der Waals surface area contributed by atoms with Crippen LogP contribution in [0.15, 0.2) is 0 Å². The summed E-state index contributed by atoms with van der Waals surface area (Å²) in [6.45, 7) is 2.40. The molecule has 0 saturated carbocycles. The maximum absolute atomic E-state index is 11.9. The lowest BCUT2D eigenvalue weighted by atomic mass is 9.97. The Kier molecular flexibility index (Phi) is 2.70. The van der Waals surface area contributed by atoms with Crippen LogP contribution in [0.1, 0.15) is 25.7 Å². The average Bonchev–Trinajstić information content (AvgIpc) is 2.70. The van der Waals surface area contributed by atoms with E-state index in [0.29, 0.717) is 0 Å². The number of likely N-dealkylation sites (tertiary alicyclic amines) is 1. The molecule has 2 aliphatic rings. The van der Waals surface area contributed by atoms with Crippen LogP contribution in [0, 0.1) is 5.92 Å². The zero-order valence-electron chi connectivity index (χ0n) is 8.29. The van der Waals surface area contributed by atoms with Gasteiger partial charge in [0.1, 0.15) is 5.92 Å². The van der Waals surface area contributed by atoms with Crippen molar-refractivity contribution < 1.29 is 9.59 Å². The molecule has 0 bridgehead atoms. The van der Waals surface area contributed by atoms with Crippen molar-refractivity contribution in [3.63, 3.8) is 0 Å². The van der Waals surface area contributed by atoms with Crippen molar-refractivity contribution in [3.8, 4) is 0 Å². The number of nitrogens with one attached hydrogen (secondary N) is 1. The SMILES string of the molecule is O=C1NCCC[C@@H]1C(=O)N1CCCC1. The van der Waals surface area contributed by atoms with Gasteiger partial charge in [-0.3, -0.25) is 9.59 Å². The van der Waals surface area contributed by atoms with Gasteiger partial charge in [-0.2, -0.15) is 0 Å². The van der Waals surface area contributed by atoms with Crippen LogP contribution in [0.2, 0.25) is 0 Å². The molecule has 4 nitrogen and oxygen atoms in total. The largest absolute Gasteiger partial charge is 0.355 e. The van der Waals surface area contributed by atoms with Gasteiger partial charge in [0, 0.05) is 19.6 Å². The zero-order chi connectivity index (χ0) is 9.97. The summed E-state index contributed by atoms with van der Waals surface area (Å²) in [5.41, 5.74) is 0. The third kappa shape index (κ3) is 1.74. The highest BCUT2D eigenvalue weighted by atomic mass is 16.2. The van der Waals surface area contributed by atoms with Gasteiger partial charge in [-0.25, -0.2) is 0 Å². The smallest absolute Gasteiger partial charge is 0.235 e. The monoisotopic (exact) mass is 196 g/mol. The number of hydrogen-bond donors (Lipinski definition) is 1. The molecule has 2 saturated heterocycles. The van der Waals surface area contributed by atoms with E-state index in [-0.39, 0.29) is 11.8 Å². The third-order valence-corrected chi connectivity index (χ3v) is 3.00. The lowest BCUT2D eigenvalue weighted by molar-refractivity contribution is -0.142. The minimum Gasteiger partial charge on any atom is -0.355 e. The second kappa shape index (κ2) is 3.98. The Morgan fingerprint density at radius 1 is 1.29 bits per heavy atom. The van der Waals surface area contributed by atoms with Gasteiger partial charge in [0.25, 0.3) is 0 Å². The lowest BCUT2D eigenvalue weighted by Gasteiger charge is -2.25. The molecule has 0 aromatic heterocycles. The Labute approximate surface area is 83.6 Å². The van der Waals surface area contributed by atoms with Crippen molar-refractivity contribution in [1.82, 2.24) is 10.2 Å². The fraction of sp³-hybridized carbons (Fsp3) is 0.800. The Bertz CT molecular complexity index is 247. The molecular weight excluding hydrogens is 180 g/mol. The number of carbonyl (C=O) groups is 2. The van der Waals surface area contributed by atoms with E-state index in [4.69, 9.17) is 0 Å². The summed E-state index contributed by atoms with van der Waals surface area (Å²) >= 11 is 0. The second-order valence-electron chi connectivity index (χ2n) is 4.02. The van der Waals surface area contributed by atoms with E-state index >= 15 is 0 Å². The molecule has 1 N–H and O–H groups in total. The van der Waals surface area contributed by atoms with Crippen LogP contribution >= 0.6 is 0 Å². The van der Waals surface area contributed by atoms with Crippen LogP contribution < -0.4 is 5.32 Å². The first kappa shape index (κ1) is 9.49. The number of rotatable bonds is 1. The molecule has 2 heterocycles. The third-order valence-electron chi connectivity index (χ3n) is 3.00. The first-order valence-corrected chi connectivity index (χ1v) is 5.35. The van der Waals surface area contributed by atoms with Gasteiger partial charge >= 0.3 is 0 Å². The van der Waals surface area contributed by atoms with E-state index in [2.05, 4.69) is 5.32 Å². The van der Waals surface area contributed by atoms with Crippen molar-refractivity contribution >= 4 is 11.8 Å². The molecule has 2 rings (SSSR count). The second-order valence-corrected chi connectivity index (χ2v) is 4.02. The average molecular weight is 196 g/mol. The summed E-state index contributed by atoms with van der Waals surface area (Å²) in [5, 5.41) is 2.75. The number of hydrogen-bond acceptors (Lipinski definition) is 2. The van der Waals surface area contributed by atoms with Gasteiger partial charge in [0.05, 0.1) is 0 Å². The van der Waals surface area contributed by atoms with Gasteiger partial charge in [-0.05, 0) is 25.7 Å². The molecule has 0 spiro atoms. The Hall–Kier alpha value is -1.06. The number of carbonyl (C=O) groups excluding carboxylic acids is 2. The minimum atomic E-state index is -0.401. The molecule has 2 fully saturated rings. The molecular formula is C10H16N2O2. The van der Waals surface area contributed by atoms with Crippen molar-refractivity contribution in [1.29, 1.82) is 0 Å². The molecule has 0 unspecified atom stereocenters. The van der Waals surface area contributed by atoms with Gasteiger partial charge in [0.2, 0.25) is 11.8 Å². The van der Waals surface area contributed by atoms with Crippen LogP contribution in [-0.2, 0) is 9.59 Å². The first-order valence-electron chi connectivity index (χ1n) is 5.35. The van der Waals surface area contributed by atoms with E-state index in [1.165, 1.54) is 0 Å². The fourth-order valence-corrected chi connectivity index (χ4v) is 2.17. The summed E-state index contributed by atoms with van der Waals surface area (Å²) in [7, 11) is 0. The maximum atomic E-state index is 11.9. The summed E-state index contributed by atoms with van der Waals surface area (Å²) in [5.74, 6) is -0.435. The molecule has 0 radical (unpaired) electrons. The molecule has 0 aliphatic carbocycles. The normalized spacial score (nSPS) is 27.6. The minimum absolute atomic E-state index is 0.0414. The molecule has 2 amide bonds. The van der Waals surface area contributed by atoms with Crippen LogP contribution in [0.25, 0.3) is 0 Å². The molecule has 0 aromatic rings. The first-order chi connectivity index (χ1) is 6.79. The highest BCUT2D eigenvalue weighted by Gasteiger charge is 2.33. The van der Waals surface area contributed by atoms with E-state index in [1.807, 2.05) is 4.90 Å². The highest BCUT2D eigenvalue weighted by molar-refractivity contribution is 6.00. The van der Waals surface area contributed by atoms with Crippen molar-refractivity contribution in [2.75, 3.05) is 19.6 Å². The summed E-state index contributed by atoms with van der Waals surface area (Å²) in [6.07, 6.45) is 3.82. The summed E-state index contributed by atoms with van der Waals surface area (Å²) in [6, 6.07) is 0. The lowest BCUT2D eigenvalue weighted by Crippen LogP contribution is -2.45. The van der Waals surface area contributed by atoms with Crippen LogP contribution in [-0.4, -0.2) is 36.3 Å².